The van der Waals surface area contributed by atoms with Crippen molar-refractivity contribution in [3.8, 4) is 5.75 Å². The van der Waals surface area contributed by atoms with Crippen LogP contribution >= 0.6 is 0 Å². The van der Waals surface area contributed by atoms with Gasteiger partial charge in [-0.1, -0.05) is 39.0 Å². The molecular formula is C22H30O2. The van der Waals surface area contributed by atoms with Crippen LogP contribution in [-0.4, -0.2) is 11.9 Å². The fourth-order valence-electron chi connectivity index (χ4n) is 3.34. The van der Waals surface area contributed by atoms with Crippen LogP contribution in [0.15, 0.2) is 30.3 Å². The Bertz CT molecular complexity index is 694. The molecule has 2 aromatic carbocycles. The van der Waals surface area contributed by atoms with E-state index in [0.29, 0.717) is 6.10 Å². The Morgan fingerprint density at radius 3 is 2.33 bits per heavy atom. The predicted molar refractivity (Wildman–Crippen MR) is 102 cm³/mol. The molecule has 0 saturated heterocycles. The van der Waals surface area contributed by atoms with Crippen molar-refractivity contribution in [2.75, 3.05) is 0 Å². The van der Waals surface area contributed by atoms with Gasteiger partial charge in [0.2, 0.25) is 0 Å². The summed E-state index contributed by atoms with van der Waals surface area (Å²) in [4.78, 5) is 11.5. The molecule has 0 heterocycles. The van der Waals surface area contributed by atoms with Crippen molar-refractivity contribution in [2.24, 2.45) is 5.92 Å². The third-order valence-electron chi connectivity index (χ3n) is 4.90. The molecule has 1 aliphatic rings. The summed E-state index contributed by atoms with van der Waals surface area (Å²) in [7, 11) is 0. The molecule has 1 fully saturated rings. The minimum absolute atomic E-state index is 0.108. The van der Waals surface area contributed by atoms with Gasteiger partial charge in [-0.15, -0.1) is 0 Å². The van der Waals surface area contributed by atoms with Crippen LogP contribution in [0.5, 0.6) is 5.75 Å². The predicted octanol–water partition coefficient (Wildman–Crippen LogP) is 6.33. The molecule has 0 N–H and O–H groups in total. The molecule has 0 unspecified atom stereocenters. The maximum atomic E-state index is 11.5. The van der Waals surface area contributed by atoms with Crippen molar-refractivity contribution in [1.82, 2.24) is 0 Å². The molecule has 3 rings (SSSR count). The first kappa shape index (κ1) is 18.5. The van der Waals surface area contributed by atoms with Crippen molar-refractivity contribution in [3.05, 3.63) is 41.5 Å². The van der Waals surface area contributed by atoms with E-state index in [-0.39, 0.29) is 5.78 Å². The molecular weight excluding hydrogens is 296 g/mol. The van der Waals surface area contributed by atoms with Gasteiger partial charge in [-0.05, 0) is 73.9 Å². The highest BCUT2D eigenvalue weighted by Crippen LogP contribution is 2.32. The van der Waals surface area contributed by atoms with E-state index in [0.717, 1.165) is 35.5 Å². The van der Waals surface area contributed by atoms with Crippen molar-refractivity contribution in [1.29, 1.82) is 0 Å². The number of Topliss-reactive ketones (excluding diaryl/α,β-unsaturated/α-hetero) is 1. The van der Waals surface area contributed by atoms with Crippen LogP contribution in [0.1, 0.15) is 69.3 Å². The van der Waals surface area contributed by atoms with E-state index in [9.17, 15) is 4.79 Å². The van der Waals surface area contributed by atoms with E-state index in [2.05, 4.69) is 26.0 Å². The van der Waals surface area contributed by atoms with E-state index in [1.165, 1.54) is 23.8 Å². The molecule has 1 saturated carbocycles. The Balaban J connectivity index is 0.00000100. The normalized spacial score (nSPS) is 20.2. The van der Waals surface area contributed by atoms with Gasteiger partial charge in [0, 0.05) is 5.56 Å². The number of carbonyl (C=O) groups excluding carboxylic acids is 1. The van der Waals surface area contributed by atoms with Gasteiger partial charge < -0.3 is 4.74 Å². The number of fused-ring (bicyclic) bond motifs is 1. The van der Waals surface area contributed by atoms with E-state index in [4.69, 9.17) is 4.74 Å². The van der Waals surface area contributed by atoms with Crippen LogP contribution in [0.4, 0.5) is 0 Å². The summed E-state index contributed by atoms with van der Waals surface area (Å²) < 4.78 is 6.25. The largest absolute Gasteiger partial charge is 0.490 e. The van der Waals surface area contributed by atoms with Crippen LogP contribution in [0.25, 0.3) is 10.8 Å². The maximum Gasteiger partial charge on any atom is 0.159 e. The van der Waals surface area contributed by atoms with Crippen LogP contribution in [-0.2, 0) is 0 Å². The molecule has 2 aromatic rings. The van der Waals surface area contributed by atoms with Gasteiger partial charge in [0.15, 0.2) is 5.78 Å². The Morgan fingerprint density at radius 2 is 1.71 bits per heavy atom. The summed E-state index contributed by atoms with van der Waals surface area (Å²) >= 11 is 0. The van der Waals surface area contributed by atoms with Gasteiger partial charge in [-0.2, -0.15) is 0 Å². The van der Waals surface area contributed by atoms with Crippen LogP contribution < -0.4 is 4.74 Å². The Morgan fingerprint density at radius 1 is 1.04 bits per heavy atom. The van der Waals surface area contributed by atoms with E-state index in [1.54, 1.807) is 6.92 Å². The number of rotatable bonds is 3. The van der Waals surface area contributed by atoms with Crippen LogP contribution in [0, 0.1) is 12.8 Å². The summed E-state index contributed by atoms with van der Waals surface area (Å²) in [5, 5.41) is 2.28. The van der Waals surface area contributed by atoms with Crippen molar-refractivity contribution >= 4 is 16.6 Å². The standard InChI is InChI=1S/C20H24O2.C2H6/c1-13-4-8-18(9-5-13)22-20-11-7-17-12-16(15(3)21)6-10-19(17)14(20)2;1-2/h6-7,10-13,18H,4-5,8-9H2,1-3H3;1-2H3. The van der Waals surface area contributed by atoms with Crippen LogP contribution in [0.3, 0.4) is 0 Å². The summed E-state index contributed by atoms with van der Waals surface area (Å²) in [6.07, 6.45) is 5.19. The minimum Gasteiger partial charge on any atom is -0.490 e. The van der Waals surface area contributed by atoms with Crippen molar-refractivity contribution in [3.63, 3.8) is 0 Å². The van der Waals surface area contributed by atoms with Gasteiger partial charge in [0.1, 0.15) is 5.75 Å². The molecule has 0 atom stereocenters. The second-order valence-corrected chi connectivity index (χ2v) is 6.68. The molecule has 0 spiro atoms. The zero-order valence-electron chi connectivity index (χ0n) is 15.7. The Labute approximate surface area is 146 Å². The Hall–Kier alpha value is -1.83. The molecule has 2 nitrogen and oxygen atoms in total. The number of hydrogen-bond donors (Lipinski definition) is 0. The number of ether oxygens (including phenoxy) is 1. The van der Waals surface area contributed by atoms with E-state index in [1.807, 2.05) is 32.0 Å². The smallest absolute Gasteiger partial charge is 0.159 e. The third-order valence-corrected chi connectivity index (χ3v) is 4.90. The van der Waals surface area contributed by atoms with Gasteiger partial charge in [0.05, 0.1) is 6.10 Å². The molecule has 130 valence electrons. The third kappa shape index (κ3) is 4.17. The van der Waals surface area contributed by atoms with Crippen molar-refractivity contribution < 1.29 is 9.53 Å². The number of hydrogen-bond acceptors (Lipinski definition) is 2. The summed E-state index contributed by atoms with van der Waals surface area (Å²) in [5.41, 5.74) is 1.94. The second kappa shape index (κ2) is 8.32. The monoisotopic (exact) mass is 326 g/mol. The van der Waals surface area contributed by atoms with Gasteiger partial charge in [0.25, 0.3) is 0 Å². The SMILES string of the molecule is CC.CC(=O)c1ccc2c(C)c(OC3CCC(C)CC3)ccc2c1. The molecule has 1 aliphatic carbocycles. The number of ketones is 1. The first-order valence-electron chi connectivity index (χ1n) is 9.25. The molecule has 24 heavy (non-hydrogen) atoms. The van der Waals surface area contributed by atoms with Gasteiger partial charge in [-0.3, -0.25) is 4.79 Å². The highest BCUT2D eigenvalue weighted by Gasteiger charge is 2.20. The first-order chi connectivity index (χ1) is 11.5. The zero-order chi connectivity index (χ0) is 17.7. The maximum absolute atomic E-state index is 11.5. The Kier molecular flexibility index (Phi) is 6.42. The minimum atomic E-state index is 0.108. The fraction of sp³-hybridized carbons (Fsp3) is 0.500. The number of aryl methyl sites for hydroxylation is 1. The first-order valence-corrected chi connectivity index (χ1v) is 9.25. The zero-order valence-corrected chi connectivity index (χ0v) is 15.7. The van der Waals surface area contributed by atoms with Gasteiger partial charge in [-0.25, -0.2) is 0 Å². The molecule has 0 radical (unpaired) electrons. The molecule has 0 aromatic heterocycles. The highest BCUT2D eigenvalue weighted by molar-refractivity contribution is 5.99. The topological polar surface area (TPSA) is 26.3 Å². The average molecular weight is 326 g/mol. The molecule has 0 bridgehead atoms. The number of benzene rings is 2. The van der Waals surface area contributed by atoms with E-state index >= 15 is 0 Å². The lowest BCUT2D eigenvalue weighted by molar-refractivity contribution is 0.101. The summed E-state index contributed by atoms with van der Waals surface area (Å²) in [6, 6.07) is 10.0. The van der Waals surface area contributed by atoms with Crippen LogP contribution in [0.2, 0.25) is 0 Å². The fourth-order valence-corrected chi connectivity index (χ4v) is 3.34. The molecule has 0 amide bonds. The highest BCUT2D eigenvalue weighted by atomic mass is 16.5. The molecule has 2 heteroatoms. The van der Waals surface area contributed by atoms with Gasteiger partial charge >= 0.3 is 0 Å². The lowest BCUT2D eigenvalue weighted by Crippen LogP contribution is -2.23. The lowest BCUT2D eigenvalue weighted by Gasteiger charge is -2.27. The summed E-state index contributed by atoms with van der Waals surface area (Å²) in [6.45, 7) is 10.0. The number of carbonyl (C=O) groups is 1. The molecule has 0 aliphatic heterocycles. The quantitative estimate of drug-likeness (QED) is 0.616. The second-order valence-electron chi connectivity index (χ2n) is 6.68. The van der Waals surface area contributed by atoms with E-state index < -0.39 is 0 Å². The summed E-state index contributed by atoms with van der Waals surface area (Å²) in [5.74, 6) is 1.93. The average Bonchev–Trinajstić information content (AvgIpc) is 2.60. The van der Waals surface area contributed by atoms with Crippen molar-refractivity contribution in [2.45, 2.75) is 66.4 Å². The lowest BCUT2D eigenvalue weighted by atomic mass is 9.89.